The molecule has 0 saturated heterocycles. The molecule has 1 unspecified atom stereocenters. The zero-order valence-electron chi connectivity index (χ0n) is 14.9. The highest BCUT2D eigenvalue weighted by molar-refractivity contribution is 7.97. The van der Waals surface area contributed by atoms with Crippen LogP contribution < -0.4 is 14.8 Å². The molecule has 0 amide bonds. The van der Waals surface area contributed by atoms with Crippen LogP contribution in [0.25, 0.3) is 0 Å². The van der Waals surface area contributed by atoms with E-state index in [0.29, 0.717) is 12.0 Å². The number of anilines is 2. The monoisotopic (exact) mass is 356 g/mol. The van der Waals surface area contributed by atoms with E-state index in [2.05, 4.69) is 53.4 Å². The Hall–Kier alpha value is -1.65. The van der Waals surface area contributed by atoms with E-state index in [-0.39, 0.29) is 0 Å². The first-order valence-electron chi connectivity index (χ1n) is 9.27. The van der Waals surface area contributed by atoms with Crippen LogP contribution in [-0.2, 0) is 0 Å². The Labute approximate surface area is 155 Å². The summed E-state index contributed by atoms with van der Waals surface area (Å²) >= 11 is 1.83. The van der Waals surface area contributed by atoms with Crippen LogP contribution in [-0.4, -0.2) is 18.4 Å². The van der Waals surface area contributed by atoms with Crippen molar-refractivity contribution in [3.63, 3.8) is 0 Å². The van der Waals surface area contributed by atoms with Gasteiger partial charge in [0.25, 0.3) is 0 Å². The number of rotatable bonds is 8. The van der Waals surface area contributed by atoms with Gasteiger partial charge in [0.15, 0.2) is 0 Å². The van der Waals surface area contributed by atoms with Gasteiger partial charge >= 0.3 is 0 Å². The van der Waals surface area contributed by atoms with Crippen LogP contribution >= 0.6 is 11.9 Å². The van der Waals surface area contributed by atoms with Crippen LogP contribution in [0.5, 0.6) is 5.75 Å². The largest absolute Gasteiger partial charge is 0.493 e. The summed E-state index contributed by atoms with van der Waals surface area (Å²) in [4.78, 5) is 0. The first-order valence-corrected chi connectivity index (χ1v) is 10.3. The topological polar surface area (TPSA) is 33.3 Å². The van der Waals surface area contributed by atoms with Gasteiger partial charge in [0.1, 0.15) is 5.75 Å². The average Bonchev–Trinajstić information content (AvgIpc) is 2.67. The second kappa shape index (κ2) is 9.73. The molecule has 0 radical (unpaired) electrons. The van der Waals surface area contributed by atoms with E-state index in [1.165, 1.54) is 25.7 Å². The first kappa shape index (κ1) is 18.2. The highest BCUT2D eigenvalue weighted by Gasteiger charge is 2.25. The van der Waals surface area contributed by atoms with Crippen LogP contribution in [0.15, 0.2) is 54.6 Å². The molecule has 2 N–H and O–H groups in total. The van der Waals surface area contributed by atoms with E-state index >= 15 is 0 Å². The van der Waals surface area contributed by atoms with E-state index in [0.717, 1.165) is 29.5 Å². The molecule has 3 nitrogen and oxygen atoms in total. The van der Waals surface area contributed by atoms with E-state index < -0.39 is 0 Å². The molecule has 2 aromatic carbocycles. The lowest BCUT2D eigenvalue weighted by molar-refractivity contribution is 0.182. The fraction of sp³-hybridized carbons (Fsp3) is 0.429. The van der Waals surface area contributed by atoms with E-state index in [4.69, 9.17) is 4.74 Å². The van der Waals surface area contributed by atoms with Crippen LogP contribution in [0.2, 0.25) is 0 Å². The maximum absolute atomic E-state index is 6.08. The Kier molecular flexibility index (Phi) is 7.07. The van der Waals surface area contributed by atoms with Gasteiger partial charge in [-0.2, -0.15) is 0 Å². The summed E-state index contributed by atoms with van der Waals surface area (Å²) in [5.41, 5.74) is 2.18. The predicted octanol–water partition coefficient (Wildman–Crippen LogP) is 5.63. The Bertz CT molecular complexity index is 618. The van der Waals surface area contributed by atoms with Crippen molar-refractivity contribution in [1.82, 2.24) is 4.72 Å². The van der Waals surface area contributed by atoms with Crippen LogP contribution in [0, 0.1) is 5.92 Å². The van der Waals surface area contributed by atoms with Crippen LogP contribution in [0.1, 0.15) is 32.6 Å². The molecule has 2 aromatic rings. The van der Waals surface area contributed by atoms with Gasteiger partial charge in [0.05, 0.1) is 6.61 Å². The van der Waals surface area contributed by atoms with Gasteiger partial charge in [-0.3, -0.25) is 4.72 Å². The third-order valence-corrected chi connectivity index (χ3v) is 5.43. The summed E-state index contributed by atoms with van der Waals surface area (Å²) in [5.74, 6) is 2.67. The molecule has 1 aliphatic carbocycles. The zero-order valence-corrected chi connectivity index (χ0v) is 15.7. The average molecular weight is 357 g/mol. The van der Waals surface area contributed by atoms with Crippen molar-refractivity contribution < 1.29 is 4.74 Å². The smallest absolute Gasteiger partial charge is 0.119 e. The SMILES string of the molecule is CCSNC1CCCC[C@@H]1COc1ccc(Nc2ccccc2)cc1. The van der Waals surface area contributed by atoms with Crippen molar-refractivity contribution in [3.8, 4) is 5.75 Å². The second-order valence-electron chi connectivity index (χ2n) is 6.53. The maximum Gasteiger partial charge on any atom is 0.119 e. The van der Waals surface area contributed by atoms with E-state index in [1.54, 1.807) is 0 Å². The quantitative estimate of drug-likeness (QED) is 0.601. The summed E-state index contributed by atoms with van der Waals surface area (Å²) in [6.45, 7) is 2.99. The predicted molar refractivity (Wildman–Crippen MR) is 109 cm³/mol. The molecular weight excluding hydrogens is 328 g/mol. The van der Waals surface area contributed by atoms with Crippen molar-refractivity contribution in [2.75, 3.05) is 17.7 Å². The number of nitrogens with one attached hydrogen (secondary N) is 2. The fourth-order valence-corrected chi connectivity index (χ4v) is 3.97. The molecule has 25 heavy (non-hydrogen) atoms. The molecule has 0 spiro atoms. The molecule has 134 valence electrons. The molecule has 1 aliphatic rings. The molecule has 4 heteroatoms. The van der Waals surface area contributed by atoms with Gasteiger partial charge in [-0.15, -0.1) is 0 Å². The van der Waals surface area contributed by atoms with Crippen LogP contribution in [0.4, 0.5) is 11.4 Å². The Morgan fingerprint density at radius 2 is 1.68 bits per heavy atom. The summed E-state index contributed by atoms with van der Waals surface area (Å²) in [6, 6.07) is 19.1. The minimum atomic E-state index is 0.581. The molecule has 0 aromatic heterocycles. The molecule has 3 rings (SSSR count). The lowest BCUT2D eigenvalue weighted by Crippen LogP contribution is -2.38. The Morgan fingerprint density at radius 1 is 0.960 bits per heavy atom. The van der Waals surface area contributed by atoms with Gasteiger partial charge < -0.3 is 10.1 Å². The van der Waals surface area contributed by atoms with Crippen molar-refractivity contribution in [2.24, 2.45) is 5.92 Å². The van der Waals surface area contributed by atoms with Crippen LogP contribution in [0.3, 0.4) is 0 Å². The lowest BCUT2D eigenvalue weighted by Gasteiger charge is -2.31. The fourth-order valence-electron chi connectivity index (χ4n) is 3.28. The maximum atomic E-state index is 6.08. The van der Waals surface area contributed by atoms with Gasteiger partial charge in [-0.1, -0.05) is 49.9 Å². The standard InChI is InChI=1S/C21H28N2OS/c1-2-25-23-21-11-7-6-8-17(21)16-24-20-14-12-19(13-15-20)22-18-9-4-3-5-10-18/h3-5,9-10,12-15,17,21-23H,2,6-8,11,16H2,1H3/t17-,21?/m1/s1. The van der Waals surface area contributed by atoms with Gasteiger partial charge in [0, 0.05) is 29.1 Å². The molecule has 0 heterocycles. The van der Waals surface area contributed by atoms with E-state index in [1.807, 2.05) is 30.1 Å². The molecule has 1 saturated carbocycles. The van der Waals surface area contributed by atoms with Crippen molar-refractivity contribution in [3.05, 3.63) is 54.6 Å². The number of benzene rings is 2. The number of para-hydroxylation sites is 1. The molecule has 0 aliphatic heterocycles. The number of hydrogen-bond donors (Lipinski definition) is 2. The highest BCUT2D eigenvalue weighted by atomic mass is 32.2. The summed E-state index contributed by atoms with van der Waals surface area (Å²) in [6.07, 6.45) is 5.18. The summed E-state index contributed by atoms with van der Waals surface area (Å²) in [5, 5.41) is 3.40. The molecule has 0 bridgehead atoms. The van der Waals surface area contributed by atoms with E-state index in [9.17, 15) is 0 Å². The number of hydrogen-bond acceptors (Lipinski definition) is 4. The Balaban J connectivity index is 1.50. The zero-order chi connectivity index (χ0) is 17.3. The normalized spacial score (nSPS) is 20.2. The van der Waals surface area contributed by atoms with Gasteiger partial charge in [0.2, 0.25) is 0 Å². The molecular formula is C21H28N2OS. The highest BCUT2D eigenvalue weighted by Crippen LogP contribution is 2.27. The second-order valence-corrected chi connectivity index (χ2v) is 7.63. The van der Waals surface area contributed by atoms with Gasteiger partial charge in [-0.05, 0) is 49.2 Å². The molecule has 1 fully saturated rings. The summed E-state index contributed by atoms with van der Waals surface area (Å²) < 4.78 is 9.70. The van der Waals surface area contributed by atoms with Crippen molar-refractivity contribution >= 4 is 23.3 Å². The Morgan fingerprint density at radius 3 is 2.44 bits per heavy atom. The third-order valence-electron chi connectivity index (χ3n) is 4.67. The lowest BCUT2D eigenvalue weighted by atomic mass is 9.86. The minimum Gasteiger partial charge on any atom is -0.493 e. The van der Waals surface area contributed by atoms with Gasteiger partial charge in [-0.25, -0.2) is 0 Å². The first-order chi connectivity index (χ1) is 12.3. The number of ether oxygens (including phenoxy) is 1. The van der Waals surface area contributed by atoms with Crippen molar-refractivity contribution in [1.29, 1.82) is 0 Å². The summed E-state index contributed by atoms with van der Waals surface area (Å²) in [7, 11) is 0. The third kappa shape index (κ3) is 5.68. The van der Waals surface area contributed by atoms with Crippen molar-refractivity contribution in [2.45, 2.75) is 38.6 Å². The molecule has 2 atom stereocenters. The minimum absolute atomic E-state index is 0.581.